The van der Waals surface area contributed by atoms with Gasteiger partial charge in [-0.15, -0.1) is 0 Å². The third-order valence-electron chi connectivity index (χ3n) is 2.99. The second-order valence-electron chi connectivity index (χ2n) is 4.50. The molecule has 0 heterocycles. The number of primary amides is 1. The standard InChI is InChI=1S/C14H20Cl2N2O/c1-2-13(18-8-4-3-5-14(17)19)11-7-6-10(15)9-12(11)16/h6-7,9,13,18H,2-5,8H2,1H3,(H2,17,19). The Labute approximate surface area is 124 Å². The van der Waals surface area contributed by atoms with Crippen molar-refractivity contribution in [2.45, 2.75) is 38.6 Å². The van der Waals surface area contributed by atoms with E-state index in [0.29, 0.717) is 16.5 Å². The highest BCUT2D eigenvalue weighted by Crippen LogP contribution is 2.27. The fraction of sp³-hybridized carbons (Fsp3) is 0.500. The van der Waals surface area contributed by atoms with Crippen LogP contribution in [-0.4, -0.2) is 12.5 Å². The first-order chi connectivity index (χ1) is 9.04. The van der Waals surface area contributed by atoms with Gasteiger partial charge in [-0.3, -0.25) is 4.79 Å². The van der Waals surface area contributed by atoms with E-state index in [0.717, 1.165) is 31.4 Å². The minimum atomic E-state index is -0.243. The molecule has 0 spiro atoms. The molecule has 1 atom stereocenters. The summed E-state index contributed by atoms with van der Waals surface area (Å²) in [4.78, 5) is 10.6. The van der Waals surface area contributed by atoms with E-state index >= 15 is 0 Å². The Morgan fingerprint density at radius 1 is 1.37 bits per heavy atom. The van der Waals surface area contributed by atoms with Crippen LogP contribution in [0.3, 0.4) is 0 Å². The summed E-state index contributed by atoms with van der Waals surface area (Å²) in [6, 6.07) is 5.77. The molecule has 0 aliphatic rings. The Morgan fingerprint density at radius 3 is 2.68 bits per heavy atom. The average Bonchev–Trinajstić information content (AvgIpc) is 2.34. The summed E-state index contributed by atoms with van der Waals surface area (Å²) in [5.41, 5.74) is 6.16. The minimum absolute atomic E-state index is 0.207. The second-order valence-corrected chi connectivity index (χ2v) is 5.35. The Morgan fingerprint density at radius 2 is 2.11 bits per heavy atom. The van der Waals surface area contributed by atoms with Crippen LogP contribution >= 0.6 is 23.2 Å². The third kappa shape index (κ3) is 5.81. The minimum Gasteiger partial charge on any atom is -0.370 e. The largest absolute Gasteiger partial charge is 0.370 e. The maximum Gasteiger partial charge on any atom is 0.217 e. The maximum atomic E-state index is 10.6. The molecule has 0 aliphatic carbocycles. The summed E-state index contributed by atoms with van der Waals surface area (Å²) >= 11 is 12.1. The lowest BCUT2D eigenvalue weighted by atomic mass is 10.0. The molecule has 106 valence electrons. The molecule has 1 aromatic rings. The molecule has 1 aromatic carbocycles. The van der Waals surface area contributed by atoms with E-state index < -0.39 is 0 Å². The first-order valence-electron chi connectivity index (χ1n) is 6.51. The molecular formula is C14H20Cl2N2O. The van der Waals surface area contributed by atoms with E-state index in [9.17, 15) is 4.79 Å². The lowest BCUT2D eigenvalue weighted by molar-refractivity contribution is -0.118. The van der Waals surface area contributed by atoms with Gasteiger partial charge in [-0.05, 0) is 43.5 Å². The van der Waals surface area contributed by atoms with Gasteiger partial charge in [-0.25, -0.2) is 0 Å². The summed E-state index contributed by atoms with van der Waals surface area (Å²) in [7, 11) is 0. The van der Waals surface area contributed by atoms with Crippen LogP contribution in [0, 0.1) is 0 Å². The molecule has 0 aliphatic heterocycles. The molecule has 0 saturated carbocycles. The van der Waals surface area contributed by atoms with E-state index in [-0.39, 0.29) is 11.9 Å². The van der Waals surface area contributed by atoms with Gasteiger partial charge >= 0.3 is 0 Å². The number of hydrogen-bond donors (Lipinski definition) is 2. The van der Waals surface area contributed by atoms with Crippen molar-refractivity contribution in [2.75, 3.05) is 6.54 Å². The number of nitrogens with two attached hydrogens (primary N) is 1. The molecule has 0 saturated heterocycles. The van der Waals surface area contributed by atoms with Gasteiger partial charge in [0.25, 0.3) is 0 Å². The van der Waals surface area contributed by atoms with Gasteiger partial charge in [0.05, 0.1) is 0 Å². The summed E-state index contributed by atoms with van der Waals surface area (Å²) in [5.74, 6) is -0.243. The van der Waals surface area contributed by atoms with Crippen molar-refractivity contribution >= 4 is 29.1 Å². The van der Waals surface area contributed by atoms with Gasteiger partial charge in [-0.2, -0.15) is 0 Å². The predicted octanol–water partition coefficient (Wildman–Crippen LogP) is 3.69. The highest BCUT2D eigenvalue weighted by Gasteiger charge is 2.12. The average molecular weight is 303 g/mol. The third-order valence-corrected chi connectivity index (χ3v) is 3.55. The molecule has 0 aromatic heterocycles. The fourth-order valence-electron chi connectivity index (χ4n) is 1.96. The van der Waals surface area contributed by atoms with Crippen molar-refractivity contribution in [1.82, 2.24) is 5.32 Å². The number of carbonyl (C=O) groups is 1. The highest BCUT2D eigenvalue weighted by molar-refractivity contribution is 6.35. The molecule has 5 heteroatoms. The van der Waals surface area contributed by atoms with Crippen molar-refractivity contribution in [2.24, 2.45) is 5.73 Å². The summed E-state index contributed by atoms with van der Waals surface area (Å²) in [6.07, 6.45) is 3.12. The smallest absolute Gasteiger partial charge is 0.217 e. The van der Waals surface area contributed by atoms with Gasteiger partial charge in [0.1, 0.15) is 0 Å². The van der Waals surface area contributed by atoms with Crippen LogP contribution in [0.2, 0.25) is 10.0 Å². The van der Waals surface area contributed by atoms with Crippen LogP contribution in [0.15, 0.2) is 18.2 Å². The van der Waals surface area contributed by atoms with E-state index in [1.54, 1.807) is 6.07 Å². The number of unbranched alkanes of at least 4 members (excludes halogenated alkanes) is 1. The summed E-state index contributed by atoms with van der Waals surface area (Å²) < 4.78 is 0. The van der Waals surface area contributed by atoms with Crippen molar-refractivity contribution in [3.05, 3.63) is 33.8 Å². The molecule has 1 amide bonds. The Hall–Kier alpha value is -0.770. The number of amides is 1. The van der Waals surface area contributed by atoms with Crippen LogP contribution in [0.4, 0.5) is 0 Å². The second kappa shape index (κ2) is 8.41. The molecular weight excluding hydrogens is 283 g/mol. The first kappa shape index (κ1) is 16.3. The number of hydrogen-bond acceptors (Lipinski definition) is 2. The first-order valence-corrected chi connectivity index (χ1v) is 7.26. The van der Waals surface area contributed by atoms with Crippen LogP contribution in [0.1, 0.15) is 44.2 Å². The van der Waals surface area contributed by atoms with Crippen molar-refractivity contribution in [1.29, 1.82) is 0 Å². The molecule has 3 nitrogen and oxygen atoms in total. The zero-order valence-electron chi connectivity index (χ0n) is 11.1. The van der Waals surface area contributed by atoms with E-state index in [2.05, 4.69) is 12.2 Å². The van der Waals surface area contributed by atoms with Crippen molar-refractivity contribution < 1.29 is 4.79 Å². The highest BCUT2D eigenvalue weighted by atomic mass is 35.5. The normalized spacial score (nSPS) is 12.4. The summed E-state index contributed by atoms with van der Waals surface area (Å²) in [5, 5.41) is 4.77. The molecule has 1 rings (SSSR count). The SMILES string of the molecule is CCC(NCCCCC(N)=O)c1ccc(Cl)cc1Cl. The van der Waals surface area contributed by atoms with E-state index in [1.165, 1.54) is 0 Å². The quantitative estimate of drug-likeness (QED) is 0.720. The number of halogens is 2. The van der Waals surface area contributed by atoms with Gasteiger partial charge in [-0.1, -0.05) is 36.2 Å². The molecule has 0 bridgehead atoms. The van der Waals surface area contributed by atoms with E-state index in [4.69, 9.17) is 28.9 Å². The topological polar surface area (TPSA) is 55.1 Å². The van der Waals surface area contributed by atoms with Gasteiger partial charge in [0, 0.05) is 22.5 Å². The van der Waals surface area contributed by atoms with Crippen LogP contribution < -0.4 is 11.1 Å². The van der Waals surface area contributed by atoms with Gasteiger partial charge < -0.3 is 11.1 Å². The van der Waals surface area contributed by atoms with E-state index in [1.807, 2.05) is 12.1 Å². The Balaban J connectivity index is 2.47. The maximum absolute atomic E-state index is 10.6. The monoisotopic (exact) mass is 302 g/mol. The molecule has 19 heavy (non-hydrogen) atoms. The number of carbonyl (C=O) groups excluding carboxylic acids is 1. The molecule has 3 N–H and O–H groups in total. The van der Waals surface area contributed by atoms with Crippen LogP contribution in [-0.2, 0) is 4.79 Å². The summed E-state index contributed by atoms with van der Waals surface area (Å²) in [6.45, 7) is 2.94. The Kier molecular flexibility index (Phi) is 7.21. The van der Waals surface area contributed by atoms with Crippen molar-refractivity contribution in [3.8, 4) is 0 Å². The molecule has 0 fully saturated rings. The van der Waals surface area contributed by atoms with Crippen molar-refractivity contribution in [3.63, 3.8) is 0 Å². The lowest BCUT2D eigenvalue weighted by Gasteiger charge is -2.18. The van der Waals surface area contributed by atoms with Gasteiger partial charge in [0.2, 0.25) is 5.91 Å². The van der Waals surface area contributed by atoms with Crippen LogP contribution in [0.25, 0.3) is 0 Å². The lowest BCUT2D eigenvalue weighted by Crippen LogP contribution is -2.22. The molecule has 1 unspecified atom stereocenters. The van der Waals surface area contributed by atoms with Gasteiger partial charge in [0.15, 0.2) is 0 Å². The Bertz CT molecular complexity index is 424. The van der Waals surface area contributed by atoms with Crippen LogP contribution in [0.5, 0.6) is 0 Å². The number of rotatable bonds is 8. The zero-order valence-corrected chi connectivity index (χ0v) is 12.6. The zero-order chi connectivity index (χ0) is 14.3. The number of benzene rings is 1. The predicted molar refractivity (Wildman–Crippen MR) is 80.5 cm³/mol. The number of nitrogens with one attached hydrogen (secondary N) is 1. The molecule has 0 radical (unpaired) electrons. The fourth-order valence-corrected chi connectivity index (χ4v) is 2.50.